The highest BCUT2D eigenvalue weighted by Gasteiger charge is 2.38. The molecule has 3 aliphatic heterocycles. The SMILES string of the molecule is O=C(NC1CNN(CC2CCC(F)C(F)C2)C1)C1CC(C2CCCCN2)ON1. The van der Waals surface area contributed by atoms with Crippen molar-refractivity contribution in [1.82, 2.24) is 26.5 Å². The first-order chi connectivity index (χ1) is 13.6. The van der Waals surface area contributed by atoms with E-state index < -0.39 is 12.3 Å². The van der Waals surface area contributed by atoms with Gasteiger partial charge in [-0.15, -0.1) is 0 Å². The summed E-state index contributed by atoms with van der Waals surface area (Å²) in [6.07, 6.45) is 2.89. The second-order valence-corrected chi connectivity index (χ2v) is 8.80. The van der Waals surface area contributed by atoms with Crippen molar-refractivity contribution in [3.05, 3.63) is 0 Å². The van der Waals surface area contributed by atoms with Gasteiger partial charge in [-0.2, -0.15) is 5.48 Å². The molecule has 0 aromatic rings. The molecule has 3 saturated heterocycles. The Bertz CT molecular complexity index is 536. The van der Waals surface area contributed by atoms with E-state index in [0.717, 1.165) is 19.4 Å². The standard InChI is InChI=1S/C19H33F2N5O2/c20-14-5-4-12(7-15(14)21)10-26-11-13(9-23-26)24-19(27)17-8-18(28-25-17)16-3-1-2-6-22-16/h12-18,22-23,25H,1-11H2,(H,24,27). The molecule has 0 spiro atoms. The van der Waals surface area contributed by atoms with E-state index in [-0.39, 0.29) is 36.4 Å². The molecule has 4 rings (SSSR count). The quantitative estimate of drug-likeness (QED) is 0.540. The Kier molecular flexibility index (Phi) is 6.78. The molecule has 9 heteroatoms. The van der Waals surface area contributed by atoms with Crippen LogP contribution in [0, 0.1) is 5.92 Å². The summed E-state index contributed by atoms with van der Waals surface area (Å²) in [6, 6.07) is 0.0104. The van der Waals surface area contributed by atoms with Gasteiger partial charge in [0, 0.05) is 32.1 Å². The van der Waals surface area contributed by atoms with E-state index in [1.165, 1.54) is 12.8 Å². The topological polar surface area (TPSA) is 77.7 Å². The van der Waals surface area contributed by atoms with Gasteiger partial charge in [-0.3, -0.25) is 15.1 Å². The molecule has 4 N–H and O–H groups in total. The highest BCUT2D eigenvalue weighted by Crippen LogP contribution is 2.29. The van der Waals surface area contributed by atoms with E-state index in [1.54, 1.807) is 0 Å². The van der Waals surface area contributed by atoms with Crippen molar-refractivity contribution in [2.75, 3.05) is 26.2 Å². The molecule has 1 amide bonds. The first-order valence-corrected chi connectivity index (χ1v) is 10.8. The molecular weight excluding hydrogens is 368 g/mol. The maximum Gasteiger partial charge on any atom is 0.239 e. The average Bonchev–Trinajstić information content (AvgIpc) is 3.35. The van der Waals surface area contributed by atoms with Gasteiger partial charge in [-0.05, 0) is 44.6 Å². The van der Waals surface area contributed by atoms with Crippen molar-refractivity contribution in [1.29, 1.82) is 0 Å². The lowest BCUT2D eigenvalue weighted by atomic mass is 9.86. The van der Waals surface area contributed by atoms with Gasteiger partial charge in [0.2, 0.25) is 5.91 Å². The van der Waals surface area contributed by atoms with Crippen molar-refractivity contribution >= 4 is 5.91 Å². The second kappa shape index (κ2) is 9.30. The van der Waals surface area contributed by atoms with Crippen molar-refractivity contribution < 1.29 is 18.4 Å². The van der Waals surface area contributed by atoms with Gasteiger partial charge in [0.1, 0.15) is 18.4 Å². The largest absolute Gasteiger partial charge is 0.349 e. The van der Waals surface area contributed by atoms with Gasteiger partial charge in [-0.25, -0.2) is 13.8 Å². The lowest BCUT2D eigenvalue weighted by Crippen LogP contribution is -2.47. The fourth-order valence-electron chi connectivity index (χ4n) is 4.91. The van der Waals surface area contributed by atoms with Crippen LogP contribution >= 0.6 is 0 Å². The molecular formula is C19H33F2N5O2. The summed E-state index contributed by atoms with van der Waals surface area (Å²) >= 11 is 0. The van der Waals surface area contributed by atoms with Crippen molar-refractivity contribution in [2.24, 2.45) is 5.92 Å². The van der Waals surface area contributed by atoms with Crippen LogP contribution in [0.1, 0.15) is 44.9 Å². The summed E-state index contributed by atoms with van der Waals surface area (Å²) in [5.41, 5.74) is 6.18. The number of hydroxylamine groups is 1. The number of carbonyl (C=O) groups excluding carboxylic acids is 1. The average molecular weight is 402 g/mol. The zero-order valence-corrected chi connectivity index (χ0v) is 16.3. The normalized spacial score (nSPS) is 42.6. The molecule has 4 aliphatic rings. The van der Waals surface area contributed by atoms with Crippen LogP contribution in [0.5, 0.6) is 0 Å². The molecule has 0 radical (unpaired) electrons. The summed E-state index contributed by atoms with van der Waals surface area (Å²) in [4.78, 5) is 18.3. The second-order valence-electron chi connectivity index (χ2n) is 8.80. The predicted molar refractivity (Wildman–Crippen MR) is 101 cm³/mol. The molecule has 3 heterocycles. The Hall–Kier alpha value is -0.870. The Labute approximate surface area is 165 Å². The molecule has 0 bridgehead atoms. The fraction of sp³-hybridized carbons (Fsp3) is 0.947. The minimum absolute atomic E-state index is 0.0137. The highest BCUT2D eigenvalue weighted by atomic mass is 19.2. The summed E-state index contributed by atoms with van der Waals surface area (Å²) in [6.45, 7) is 3.05. The van der Waals surface area contributed by atoms with Crippen molar-refractivity contribution in [3.8, 4) is 0 Å². The molecule has 28 heavy (non-hydrogen) atoms. The number of halogens is 2. The number of alkyl halides is 2. The first-order valence-electron chi connectivity index (χ1n) is 10.8. The maximum absolute atomic E-state index is 13.6. The Morgan fingerprint density at radius 1 is 1.14 bits per heavy atom. The summed E-state index contributed by atoms with van der Waals surface area (Å²) in [7, 11) is 0. The Morgan fingerprint density at radius 2 is 2.04 bits per heavy atom. The zero-order chi connectivity index (χ0) is 19.5. The minimum Gasteiger partial charge on any atom is -0.349 e. The molecule has 4 fully saturated rings. The minimum atomic E-state index is -1.34. The first kappa shape index (κ1) is 20.4. The lowest BCUT2D eigenvalue weighted by molar-refractivity contribution is -0.125. The molecule has 1 saturated carbocycles. The Morgan fingerprint density at radius 3 is 2.82 bits per heavy atom. The van der Waals surface area contributed by atoms with E-state index in [0.29, 0.717) is 38.5 Å². The van der Waals surface area contributed by atoms with Crippen LogP contribution in [-0.4, -0.2) is 73.7 Å². The number of hydrogen-bond donors (Lipinski definition) is 4. The van der Waals surface area contributed by atoms with E-state index in [4.69, 9.17) is 4.84 Å². The number of hydrogen-bond acceptors (Lipinski definition) is 6. The number of nitrogens with zero attached hydrogens (tertiary/aromatic N) is 1. The molecule has 7 nitrogen and oxygen atoms in total. The maximum atomic E-state index is 13.6. The van der Waals surface area contributed by atoms with Crippen LogP contribution < -0.4 is 21.5 Å². The third-order valence-electron chi connectivity index (χ3n) is 6.57. The number of nitrogens with one attached hydrogen (secondary N) is 4. The Balaban J connectivity index is 1.17. The zero-order valence-electron chi connectivity index (χ0n) is 16.3. The summed E-state index contributed by atoms with van der Waals surface area (Å²) in [5, 5.41) is 8.60. The lowest BCUT2D eigenvalue weighted by Gasteiger charge is -2.30. The molecule has 7 atom stereocenters. The summed E-state index contributed by atoms with van der Waals surface area (Å²) < 4.78 is 26.9. The third kappa shape index (κ3) is 4.99. The predicted octanol–water partition coefficient (Wildman–Crippen LogP) is 0.572. The van der Waals surface area contributed by atoms with E-state index in [2.05, 4.69) is 21.5 Å². The van der Waals surface area contributed by atoms with E-state index >= 15 is 0 Å². The van der Waals surface area contributed by atoms with Crippen LogP contribution in [-0.2, 0) is 9.63 Å². The van der Waals surface area contributed by atoms with Crippen LogP contribution in [0.25, 0.3) is 0 Å². The monoisotopic (exact) mass is 401 g/mol. The molecule has 0 aromatic carbocycles. The van der Waals surface area contributed by atoms with Crippen LogP contribution in [0.15, 0.2) is 0 Å². The van der Waals surface area contributed by atoms with Crippen LogP contribution in [0.4, 0.5) is 8.78 Å². The molecule has 160 valence electrons. The summed E-state index contributed by atoms with van der Waals surface area (Å²) in [5.74, 6) is 0.131. The van der Waals surface area contributed by atoms with Gasteiger partial charge >= 0.3 is 0 Å². The van der Waals surface area contributed by atoms with E-state index in [9.17, 15) is 13.6 Å². The highest BCUT2D eigenvalue weighted by molar-refractivity contribution is 5.82. The smallest absolute Gasteiger partial charge is 0.239 e. The number of amides is 1. The number of piperidine rings is 1. The number of carbonyl (C=O) groups is 1. The van der Waals surface area contributed by atoms with Crippen LogP contribution in [0.3, 0.4) is 0 Å². The van der Waals surface area contributed by atoms with Gasteiger partial charge in [0.25, 0.3) is 0 Å². The number of hydrazine groups is 1. The van der Waals surface area contributed by atoms with E-state index in [1.807, 2.05) is 5.01 Å². The third-order valence-corrected chi connectivity index (χ3v) is 6.57. The fourth-order valence-corrected chi connectivity index (χ4v) is 4.91. The van der Waals surface area contributed by atoms with Crippen molar-refractivity contribution in [3.63, 3.8) is 0 Å². The van der Waals surface area contributed by atoms with Gasteiger partial charge in [0.05, 0.1) is 12.1 Å². The number of rotatable bonds is 5. The van der Waals surface area contributed by atoms with Gasteiger partial charge < -0.3 is 10.6 Å². The molecule has 1 aliphatic carbocycles. The molecule has 0 aromatic heterocycles. The van der Waals surface area contributed by atoms with Crippen molar-refractivity contribution in [2.45, 2.75) is 81.5 Å². The van der Waals surface area contributed by atoms with Crippen LogP contribution in [0.2, 0.25) is 0 Å². The van der Waals surface area contributed by atoms with Gasteiger partial charge in [-0.1, -0.05) is 6.42 Å². The van der Waals surface area contributed by atoms with Gasteiger partial charge in [0.15, 0.2) is 0 Å². The molecule has 7 unspecified atom stereocenters.